The van der Waals surface area contributed by atoms with Gasteiger partial charge >= 0.3 is 0 Å². The van der Waals surface area contributed by atoms with Crippen LogP contribution in [0, 0.1) is 5.92 Å². The zero-order valence-electron chi connectivity index (χ0n) is 11.5. The molecule has 0 saturated carbocycles. The Morgan fingerprint density at radius 1 is 1.47 bits per heavy atom. The summed E-state index contributed by atoms with van der Waals surface area (Å²) in [7, 11) is 1.61. The van der Waals surface area contributed by atoms with Crippen molar-refractivity contribution in [3.8, 4) is 0 Å². The van der Waals surface area contributed by atoms with Crippen molar-refractivity contribution < 1.29 is 14.3 Å². The third-order valence-corrected chi connectivity index (χ3v) is 3.84. The minimum absolute atomic E-state index is 0.0279. The van der Waals surface area contributed by atoms with Crippen molar-refractivity contribution in [3.63, 3.8) is 0 Å². The highest BCUT2D eigenvalue weighted by molar-refractivity contribution is 5.89. The number of carbonyl (C=O) groups excluding carboxylic acids is 2. The fraction of sp³-hybridized carbons (Fsp3) is 0.846. The molecule has 2 N–H and O–H groups in total. The SMILES string of the molecule is COCCN1CC(C(=O)NC2CCNCC2)CC1=O. The molecule has 6 heteroatoms. The molecule has 2 fully saturated rings. The second-order valence-corrected chi connectivity index (χ2v) is 5.27. The standard InChI is InChI=1S/C13H23N3O3/c1-19-7-6-16-9-10(8-12(16)17)13(18)15-11-2-4-14-5-3-11/h10-11,14H,2-9H2,1H3,(H,15,18). The Labute approximate surface area is 113 Å². The average molecular weight is 269 g/mol. The number of hydrogen-bond acceptors (Lipinski definition) is 4. The maximum atomic E-state index is 12.1. The van der Waals surface area contributed by atoms with Crippen LogP contribution < -0.4 is 10.6 Å². The van der Waals surface area contributed by atoms with E-state index in [1.165, 1.54) is 0 Å². The lowest BCUT2D eigenvalue weighted by Crippen LogP contribution is -2.45. The molecule has 2 aliphatic rings. The molecule has 0 bridgehead atoms. The number of likely N-dealkylation sites (tertiary alicyclic amines) is 1. The van der Waals surface area contributed by atoms with Gasteiger partial charge in [-0.2, -0.15) is 0 Å². The van der Waals surface area contributed by atoms with Crippen LogP contribution in [0.3, 0.4) is 0 Å². The largest absolute Gasteiger partial charge is 0.383 e. The molecule has 19 heavy (non-hydrogen) atoms. The van der Waals surface area contributed by atoms with E-state index in [2.05, 4.69) is 10.6 Å². The van der Waals surface area contributed by atoms with Gasteiger partial charge in [-0.15, -0.1) is 0 Å². The predicted molar refractivity (Wildman–Crippen MR) is 70.6 cm³/mol. The highest BCUT2D eigenvalue weighted by atomic mass is 16.5. The summed E-state index contributed by atoms with van der Waals surface area (Å²) in [6.45, 7) is 3.53. The molecule has 0 aliphatic carbocycles. The zero-order chi connectivity index (χ0) is 13.7. The van der Waals surface area contributed by atoms with Crippen LogP contribution >= 0.6 is 0 Å². The molecule has 2 rings (SSSR count). The maximum absolute atomic E-state index is 12.1. The average Bonchev–Trinajstić information content (AvgIpc) is 2.79. The topological polar surface area (TPSA) is 70.7 Å². The van der Waals surface area contributed by atoms with E-state index < -0.39 is 0 Å². The number of ether oxygens (including phenoxy) is 1. The molecule has 0 spiro atoms. The summed E-state index contributed by atoms with van der Waals surface area (Å²) in [5.41, 5.74) is 0. The van der Waals surface area contributed by atoms with Crippen molar-refractivity contribution in [3.05, 3.63) is 0 Å². The lowest BCUT2D eigenvalue weighted by Gasteiger charge is -2.25. The molecule has 2 saturated heterocycles. The Kier molecular flexibility index (Phi) is 5.15. The molecule has 2 heterocycles. The van der Waals surface area contributed by atoms with Crippen LogP contribution in [0.1, 0.15) is 19.3 Å². The Morgan fingerprint density at radius 2 is 2.21 bits per heavy atom. The van der Waals surface area contributed by atoms with Gasteiger partial charge in [0.25, 0.3) is 0 Å². The second kappa shape index (κ2) is 6.86. The lowest BCUT2D eigenvalue weighted by molar-refractivity contribution is -0.129. The van der Waals surface area contributed by atoms with E-state index in [1.807, 2.05) is 0 Å². The number of carbonyl (C=O) groups is 2. The third-order valence-electron chi connectivity index (χ3n) is 3.84. The van der Waals surface area contributed by atoms with E-state index in [0.717, 1.165) is 25.9 Å². The second-order valence-electron chi connectivity index (χ2n) is 5.27. The van der Waals surface area contributed by atoms with Gasteiger partial charge in [0.2, 0.25) is 11.8 Å². The smallest absolute Gasteiger partial charge is 0.225 e. The zero-order valence-corrected chi connectivity index (χ0v) is 11.5. The fourth-order valence-electron chi connectivity index (χ4n) is 2.65. The monoisotopic (exact) mass is 269 g/mol. The van der Waals surface area contributed by atoms with Crippen LogP contribution in [0.15, 0.2) is 0 Å². The molecule has 2 aliphatic heterocycles. The number of amides is 2. The number of nitrogens with zero attached hydrogens (tertiary/aromatic N) is 1. The van der Waals surface area contributed by atoms with E-state index in [9.17, 15) is 9.59 Å². The van der Waals surface area contributed by atoms with Crippen LogP contribution in [0.25, 0.3) is 0 Å². The van der Waals surface area contributed by atoms with Gasteiger partial charge in [-0.3, -0.25) is 9.59 Å². The van der Waals surface area contributed by atoms with Gasteiger partial charge in [-0.25, -0.2) is 0 Å². The summed E-state index contributed by atoms with van der Waals surface area (Å²) in [5, 5.41) is 6.34. The highest BCUT2D eigenvalue weighted by Crippen LogP contribution is 2.18. The molecule has 0 aromatic carbocycles. The first-order valence-corrected chi connectivity index (χ1v) is 6.98. The van der Waals surface area contributed by atoms with Gasteiger partial charge in [0.15, 0.2) is 0 Å². The summed E-state index contributed by atoms with van der Waals surface area (Å²) >= 11 is 0. The highest BCUT2D eigenvalue weighted by Gasteiger charge is 2.34. The molecule has 0 aromatic heterocycles. The van der Waals surface area contributed by atoms with Crippen LogP contribution in [0.2, 0.25) is 0 Å². The third kappa shape index (κ3) is 3.91. The Morgan fingerprint density at radius 3 is 2.89 bits per heavy atom. The van der Waals surface area contributed by atoms with Crippen molar-refractivity contribution in [1.29, 1.82) is 0 Å². The van der Waals surface area contributed by atoms with E-state index in [-0.39, 0.29) is 23.8 Å². The first-order valence-electron chi connectivity index (χ1n) is 6.98. The van der Waals surface area contributed by atoms with Gasteiger partial charge in [0.05, 0.1) is 12.5 Å². The summed E-state index contributed by atoms with van der Waals surface area (Å²) in [5.74, 6) is -0.109. The maximum Gasteiger partial charge on any atom is 0.225 e. The molecule has 1 unspecified atom stereocenters. The lowest BCUT2D eigenvalue weighted by atomic mass is 10.0. The normalized spacial score (nSPS) is 24.8. The van der Waals surface area contributed by atoms with Gasteiger partial charge in [-0.05, 0) is 25.9 Å². The van der Waals surface area contributed by atoms with E-state index in [0.29, 0.717) is 26.1 Å². The summed E-state index contributed by atoms with van der Waals surface area (Å²) in [6, 6.07) is 0.261. The van der Waals surface area contributed by atoms with Crippen LogP contribution in [-0.2, 0) is 14.3 Å². The number of methoxy groups -OCH3 is 1. The number of rotatable bonds is 5. The first-order chi connectivity index (χ1) is 9.20. The van der Waals surface area contributed by atoms with Crippen molar-refractivity contribution in [2.24, 2.45) is 5.92 Å². The summed E-state index contributed by atoms with van der Waals surface area (Å²) in [4.78, 5) is 25.6. The van der Waals surface area contributed by atoms with Crippen LogP contribution in [0.5, 0.6) is 0 Å². The van der Waals surface area contributed by atoms with Gasteiger partial charge in [-0.1, -0.05) is 0 Å². The Hall–Kier alpha value is -1.14. The van der Waals surface area contributed by atoms with Crippen LogP contribution in [0.4, 0.5) is 0 Å². The first kappa shape index (κ1) is 14.3. The number of hydrogen-bond donors (Lipinski definition) is 2. The van der Waals surface area contributed by atoms with Gasteiger partial charge in [0.1, 0.15) is 0 Å². The van der Waals surface area contributed by atoms with Gasteiger partial charge < -0.3 is 20.3 Å². The molecule has 108 valence electrons. The molecule has 1 atom stereocenters. The molecule has 0 radical (unpaired) electrons. The van der Waals surface area contributed by atoms with Crippen molar-refractivity contribution in [2.75, 3.05) is 39.9 Å². The quantitative estimate of drug-likeness (QED) is 0.696. The minimum atomic E-state index is -0.195. The van der Waals surface area contributed by atoms with E-state index in [1.54, 1.807) is 12.0 Å². The van der Waals surface area contributed by atoms with Crippen LogP contribution in [-0.4, -0.2) is 62.7 Å². The number of piperidine rings is 1. The Balaban J connectivity index is 1.78. The summed E-state index contributed by atoms with van der Waals surface area (Å²) < 4.78 is 4.97. The molecule has 2 amide bonds. The molecular formula is C13H23N3O3. The minimum Gasteiger partial charge on any atom is -0.383 e. The van der Waals surface area contributed by atoms with E-state index >= 15 is 0 Å². The molecule has 6 nitrogen and oxygen atoms in total. The van der Waals surface area contributed by atoms with E-state index in [4.69, 9.17) is 4.74 Å². The van der Waals surface area contributed by atoms with Crippen molar-refractivity contribution in [2.45, 2.75) is 25.3 Å². The summed E-state index contributed by atoms with van der Waals surface area (Å²) in [6.07, 6.45) is 2.28. The van der Waals surface area contributed by atoms with Crippen molar-refractivity contribution in [1.82, 2.24) is 15.5 Å². The Bertz CT molecular complexity index is 329. The fourth-order valence-corrected chi connectivity index (χ4v) is 2.65. The van der Waals surface area contributed by atoms with Crippen molar-refractivity contribution >= 4 is 11.8 Å². The molecule has 0 aromatic rings. The predicted octanol–water partition coefficient (Wildman–Crippen LogP) is -0.650. The number of nitrogens with one attached hydrogen (secondary N) is 2. The molecular weight excluding hydrogens is 246 g/mol. The van der Waals surface area contributed by atoms with Gasteiger partial charge in [0, 0.05) is 32.7 Å².